The average molecular weight is 377 g/mol. The molecule has 0 saturated heterocycles. The van der Waals surface area contributed by atoms with Gasteiger partial charge in [-0.05, 0) is 29.7 Å². The second-order valence-electron chi connectivity index (χ2n) is 6.46. The number of hydrogen-bond donors (Lipinski definition) is 1. The summed E-state index contributed by atoms with van der Waals surface area (Å²) in [7, 11) is 1.65. The first-order valence-electron chi connectivity index (χ1n) is 8.35. The zero-order valence-electron chi connectivity index (χ0n) is 15.0. The maximum atomic E-state index is 13.8. The summed E-state index contributed by atoms with van der Waals surface area (Å²) in [5.41, 5.74) is 0.729. The summed E-state index contributed by atoms with van der Waals surface area (Å²) in [6.45, 7) is 3.97. The van der Waals surface area contributed by atoms with Gasteiger partial charge < -0.3 is 10.2 Å². The smallest absolute Gasteiger partial charge is 0.254 e. The van der Waals surface area contributed by atoms with Gasteiger partial charge in [0, 0.05) is 18.6 Å². The molecule has 0 bridgehead atoms. The molecule has 2 rings (SSSR count). The minimum Gasteiger partial charge on any atom is -0.340 e. The van der Waals surface area contributed by atoms with Gasteiger partial charge in [0.05, 0.1) is 5.56 Å². The van der Waals surface area contributed by atoms with E-state index in [2.05, 4.69) is 5.32 Å². The van der Waals surface area contributed by atoms with E-state index in [1.54, 1.807) is 19.2 Å². The Morgan fingerprint density at radius 2 is 1.73 bits per heavy atom. The molecule has 0 aliphatic carbocycles. The largest absolute Gasteiger partial charge is 0.340 e. The molecular weight excluding hydrogens is 355 g/mol. The van der Waals surface area contributed by atoms with Crippen molar-refractivity contribution in [1.29, 1.82) is 0 Å². The van der Waals surface area contributed by atoms with E-state index >= 15 is 0 Å². The van der Waals surface area contributed by atoms with Crippen LogP contribution in [0.25, 0.3) is 0 Å². The Kier molecular flexibility index (Phi) is 6.75. The quantitative estimate of drug-likeness (QED) is 0.831. The molecule has 1 atom stereocenters. The molecule has 0 saturated carbocycles. The monoisotopic (exact) mass is 376 g/mol. The summed E-state index contributed by atoms with van der Waals surface area (Å²) in [6, 6.07) is 12.2. The molecule has 0 heterocycles. The van der Waals surface area contributed by atoms with Gasteiger partial charge in [-0.15, -0.1) is 0 Å². The van der Waals surface area contributed by atoms with Crippen molar-refractivity contribution in [2.75, 3.05) is 7.05 Å². The van der Waals surface area contributed by atoms with Crippen molar-refractivity contribution in [1.82, 2.24) is 10.2 Å². The summed E-state index contributed by atoms with van der Waals surface area (Å²) in [4.78, 5) is 26.7. The first kappa shape index (κ1) is 19.9. The summed E-state index contributed by atoms with van der Waals surface area (Å²) in [6.07, 6.45) is 0. The highest BCUT2D eigenvalue weighted by Gasteiger charge is 2.28. The lowest BCUT2D eigenvalue weighted by molar-refractivity contribution is -0.133. The minimum absolute atomic E-state index is 0.0836. The van der Waals surface area contributed by atoms with Gasteiger partial charge in [-0.2, -0.15) is 0 Å². The first-order chi connectivity index (χ1) is 12.3. The molecule has 0 fully saturated rings. The predicted molar refractivity (Wildman–Crippen MR) is 100 cm³/mol. The van der Waals surface area contributed by atoms with Gasteiger partial charge in [0.15, 0.2) is 0 Å². The molecule has 6 heteroatoms. The molecule has 0 aliphatic rings. The fourth-order valence-electron chi connectivity index (χ4n) is 2.58. The lowest BCUT2D eigenvalue weighted by Crippen LogP contribution is -2.50. The maximum absolute atomic E-state index is 13.8. The number of amides is 2. The lowest BCUT2D eigenvalue weighted by atomic mass is 10.0. The van der Waals surface area contributed by atoms with Crippen molar-refractivity contribution in [3.63, 3.8) is 0 Å². The molecule has 1 unspecified atom stereocenters. The number of carbonyl (C=O) groups is 2. The van der Waals surface area contributed by atoms with Crippen molar-refractivity contribution in [3.8, 4) is 0 Å². The normalized spacial score (nSPS) is 11.9. The molecule has 138 valence electrons. The average Bonchev–Trinajstić information content (AvgIpc) is 2.61. The van der Waals surface area contributed by atoms with Crippen molar-refractivity contribution in [2.45, 2.75) is 26.4 Å². The molecule has 0 radical (unpaired) electrons. The van der Waals surface area contributed by atoms with Crippen LogP contribution in [0.3, 0.4) is 0 Å². The number of likely N-dealkylation sites (N-methyl/N-ethyl adjacent to an activating group) is 1. The van der Waals surface area contributed by atoms with E-state index in [0.29, 0.717) is 11.6 Å². The maximum Gasteiger partial charge on any atom is 0.254 e. The summed E-state index contributed by atoms with van der Waals surface area (Å²) in [5, 5.41) is 3.22. The third-order valence-corrected chi connectivity index (χ3v) is 4.45. The molecule has 0 aliphatic heterocycles. The van der Waals surface area contributed by atoms with E-state index in [9.17, 15) is 14.0 Å². The Balaban J connectivity index is 2.13. The van der Waals surface area contributed by atoms with E-state index in [4.69, 9.17) is 11.6 Å². The fourth-order valence-corrected chi connectivity index (χ4v) is 2.77. The van der Waals surface area contributed by atoms with E-state index in [1.807, 2.05) is 32.0 Å². The van der Waals surface area contributed by atoms with Crippen LogP contribution < -0.4 is 5.32 Å². The van der Waals surface area contributed by atoms with Crippen LogP contribution in [-0.2, 0) is 11.3 Å². The molecular formula is C20H22ClFN2O2. The molecule has 2 amide bonds. The molecule has 0 spiro atoms. The Morgan fingerprint density at radius 3 is 2.35 bits per heavy atom. The number of halogens is 2. The summed E-state index contributed by atoms with van der Waals surface area (Å²) < 4.78 is 13.8. The molecule has 4 nitrogen and oxygen atoms in total. The third-order valence-electron chi connectivity index (χ3n) is 4.08. The van der Waals surface area contributed by atoms with Gasteiger partial charge in [-0.3, -0.25) is 9.59 Å². The number of rotatable bonds is 6. The van der Waals surface area contributed by atoms with Crippen LogP contribution in [0.5, 0.6) is 0 Å². The Bertz CT molecular complexity index is 795. The Labute approximate surface area is 158 Å². The third kappa shape index (κ3) is 4.82. The second-order valence-corrected chi connectivity index (χ2v) is 6.87. The van der Waals surface area contributed by atoms with Gasteiger partial charge >= 0.3 is 0 Å². The van der Waals surface area contributed by atoms with Gasteiger partial charge in [0.1, 0.15) is 11.9 Å². The van der Waals surface area contributed by atoms with E-state index in [1.165, 1.54) is 23.1 Å². The van der Waals surface area contributed by atoms with Crippen LogP contribution in [0.15, 0.2) is 48.5 Å². The SMILES string of the molecule is CC(C)C(NC(=O)c1ccccc1F)C(=O)N(C)Cc1ccccc1Cl. The molecule has 1 N–H and O–H groups in total. The van der Waals surface area contributed by atoms with Crippen molar-refractivity contribution >= 4 is 23.4 Å². The van der Waals surface area contributed by atoms with E-state index < -0.39 is 17.8 Å². The van der Waals surface area contributed by atoms with Crippen molar-refractivity contribution < 1.29 is 14.0 Å². The van der Waals surface area contributed by atoms with Crippen molar-refractivity contribution in [2.24, 2.45) is 5.92 Å². The summed E-state index contributed by atoms with van der Waals surface area (Å²) in [5.74, 6) is -1.65. The van der Waals surface area contributed by atoms with Crippen molar-refractivity contribution in [3.05, 3.63) is 70.5 Å². The van der Waals surface area contributed by atoms with Gasteiger partial charge in [-0.25, -0.2) is 4.39 Å². The molecule has 0 aromatic heterocycles. The fraction of sp³-hybridized carbons (Fsp3) is 0.300. The number of carbonyl (C=O) groups excluding carboxylic acids is 2. The Hall–Kier alpha value is -2.40. The van der Waals surface area contributed by atoms with Crippen LogP contribution in [0.2, 0.25) is 5.02 Å². The first-order valence-corrected chi connectivity index (χ1v) is 8.72. The lowest BCUT2D eigenvalue weighted by Gasteiger charge is -2.27. The van der Waals surface area contributed by atoms with E-state index in [-0.39, 0.29) is 17.4 Å². The van der Waals surface area contributed by atoms with Crippen LogP contribution in [0.4, 0.5) is 4.39 Å². The van der Waals surface area contributed by atoms with Gasteiger partial charge in [0.2, 0.25) is 5.91 Å². The standard InChI is InChI=1S/C20H22ClFN2O2/c1-13(2)18(23-19(25)15-9-5-7-11-17(15)22)20(26)24(3)12-14-8-4-6-10-16(14)21/h4-11,13,18H,12H2,1-3H3,(H,23,25). The Morgan fingerprint density at radius 1 is 1.12 bits per heavy atom. The number of nitrogens with one attached hydrogen (secondary N) is 1. The zero-order chi connectivity index (χ0) is 19.3. The molecule has 2 aromatic rings. The highest BCUT2D eigenvalue weighted by Crippen LogP contribution is 2.18. The van der Waals surface area contributed by atoms with Gasteiger partial charge in [-0.1, -0.05) is 55.8 Å². The molecule has 2 aromatic carbocycles. The van der Waals surface area contributed by atoms with Crippen LogP contribution in [-0.4, -0.2) is 29.8 Å². The summed E-state index contributed by atoms with van der Waals surface area (Å²) >= 11 is 6.15. The highest BCUT2D eigenvalue weighted by atomic mass is 35.5. The van der Waals surface area contributed by atoms with Crippen LogP contribution in [0.1, 0.15) is 29.8 Å². The topological polar surface area (TPSA) is 49.4 Å². The zero-order valence-corrected chi connectivity index (χ0v) is 15.8. The van der Waals surface area contributed by atoms with Crippen LogP contribution in [0, 0.1) is 11.7 Å². The number of nitrogens with zero attached hydrogens (tertiary/aromatic N) is 1. The number of benzene rings is 2. The van der Waals surface area contributed by atoms with Gasteiger partial charge in [0.25, 0.3) is 5.91 Å². The molecule has 26 heavy (non-hydrogen) atoms. The number of hydrogen-bond acceptors (Lipinski definition) is 2. The second kappa shape index (κ2) is 8.81. The van der Waals surface area contributed by atoms with Crippen LogP contribution >= 0.6 is 11.6 Å². The predicted octanol–water partition coefficient (Wildman–Crippen LogP) is 3.89. The highest BCUT2D eigenvalue weighted by molar-refractivity contribution is 6.31. The van der Waals surface area contributed by atoms with E-state index in [0.717, 1.165) is 5.56 Å². The minimum atomic E-state index is -0.769.